The number of esters is 1. The number of carbonyl (C=O) groups is 2. The van der Waals surface area contributed by atoms with E-state index in [1.165, 1.54) is 12.1 Å². The number of amides is 1. The number of benzene rings is 3. The van der Waals surface area contributed by atoms with Gasteiger partial charge in [0.1, 0.15) is 12.4 Å². The summed E-state index contributed by atoms with van der Waals surface area (Å²) in [5.41, 5.74) is 2.29. The monoisotopic (exact) mass is 475 g/mol. The first-order chi connectivity index (χ1) is 17.0. The molecule has 180 valence electrons. The molecule has 35 heavy (non-hydrogen) atoms. The van der Waals surface area contributed by atoms with Crippen molar-refractivity contribution >= 4 is 23.3 Å². The molecule has 0 aromatic heterocycles. The van der Waals surface area contributed by atoms with Crippen molar-refractivity contribution in [1.82, 2.24) is 4.90 Å². The SMILES string of the molecule is O=C(OCC(=O)N1CCN(c2ccc([N+](=O)[O-])cc2)CC1)c1ccc(OCc2ccccc2)cc1. The Morgan fingerprint density at radius 1 is 0.857 bits per heavy atom. The Bertz CT molecular complexity index is 1160. The second-order valence-electron chi connectivity index (χ2n) is 8.02. The van der Waals surface area contributed by atoms with Gasteiger partial charge in [-0.15, -0.1) is 0 Å². The Labute approximate surface area is 202 Å². The Balaban J connectivity index is 1.20. The number of anilines is 1. The molecule has 1 aliphatic rings. The van der Waals surface area contributed by atoms with Crippen LogP contribution in [0.25, 0.3) is 0 Å². The van der Waals surface area contributed by atoms with Gasteiger partial charge in [-0.2, -0.15) is 0 Å². The van der Waals surface area contributed by atoms with E-state index in [4.69, 9.17) is 9.47 Å². The third-order valence-corrected chi connectivity index (χ3v) is 5.72. The van der Waals surface area contributed by atoms with Crippen LogP contribution in [-0.2, 0) is 16.1 Å². The predicted molar refractivity (Wildman–Crippen MR) is 129 cm³/mol. The summed E-state index contributed by atoms with van der Waals surface area (Å²) in [5.74, 6) is -0.200. The Morgan fingerprint density at radius 3 is 2.14 bits per heavy atom. The summed E-state index contributed by atoms with van der Waals surface area (Å²) in [6, 6.07) is 22.7. The number of nitro benzene ring substituents is 1. The normalized spacial score (nSPS) is 13.3. The quantitative estimate of drug-likeness (QED) is 0.278. The summed E-state index contributed by atoms with van der Waals surface area (Å²) in [5, 5.41) is 10.8. The molecule has 0 radical (unpaired) electrons. The number of ether oxygens (including phenoxy) is 2. The van der Waals surface area contributed by atoms with E-state index in [0.29, 0.717) is 44.1 Å². The lowest BCUT2D eigenvalue weighted by Crippen LogP contribution is -2.49. The van der Waals surface area contributed by atoms with E-state index in [2.05, 4.69) is 4.90 Å². The maximum absolute atomic E-state index is 12.5. The zero-order chi connectivity index (χ0) is 24.6. The van der Waals surface area contributed by atoms with Crippen molar-refractivity contribution in [2.24, 2.45) is 0 Å². The maximum atomic E-state index is 12.5. The number of rotatable bonds is 8. The van der Waals surface area contributed by atoms with Crippen LogP contribution in [0.4, 0.5) is 11.4 Å². The molecule has 9 heteroatoms. The molecule has 1 fully saturated rings. The molecule has 3 aromatic carbocycles. The Kier molecular flexibility index (Phi) is 7.57. The zero-order valence-corrected chi connectivity index (χ0v) is 19.0. The van der Waals surface area contributed by atoms with Gasteiger partial charge in [0, 0.05) is 44.0 Å². The first-order valence-corrected chi connectivity index (χ1v) is 11.2. The van der Waals surface area contributed by atoms with Gasteiger partial charge in [0.15, 0.2) is 6.61 Å². The number of hydrogen-bond acceptors (Lipinski definition) is 7. The van der Waals surface area contributed by atoms with Crippen LogP contribution in [0.3, 0.4) is 0 Å². The fourth-order valence-electron chi connectivity index (χ4n) is 3.73. The fourth-order valence-corrected chi connectivity index (χ4v) is 3.73. The minimum Gasteiger partial charge on any atom is -0.489 e. The van der Waals surface area contributed by atoms with Gasteiger partial charge in [-0.3, -0.25) is 14.9 Å². The summed E-state index contributed by atoms with van der Waals surface area (Å²) in [6.45, 7) is 2.21. The van der Waals surface area contributed by atoms with Crippen LogP contribution < -0.4 is 9.64 Å². The fraction of sp³-hybridized carbons (Fsp3) is 0.231. The van der Waals surface area contributed by atoms with Gasteiger partial charge in [-0.25, -0.2) is 4.79 Å². The van der Waals surface area contributed by atoms with Crippen LogP contribution >= 0.6 is 0 Å². The van der Waals surface area contributed by atoms with Crippen molar-refractivity contribution in [3.05, 3.63) is 100 Å². The number of hydrogen-bond donors (Lipinski definition) is 0. The summed E-state index contributed by atoms with van der Waals surface area (Å²) in [7, 11) is 0. The molecule has 3 aromatic rings. The summed E-state index contributed by atoms with van der Waals surface area (Å²) in [6.07, 6.45) is 0. The number of piperazine rings is 1. The molecule has 0 N–H and O–H groups in total. The van der Waals surface area contributed by atoms with E-state index in [1.54, 1.807) is 41.3 Å². The van der Waals surface area contributed by atoms with Crippen LogP contribution in [0.15, 0.2) is 78.9 Å². The van der Waals surface area contributed by atoms with Crippen LogP contribution in [0.1, 0.15) is 15.9 Å². The first kappa shape index (κ1) is 23.7. The zero-order valence-electron chi connectivity index (χ0n) is 19.0. The highest BCUT2D eigenvalue weighted by molar-refractivity contribution is 5.91. The summed E-state index contributed by atoms with van der Waals surface area (Å²) < 4.78 is 10.9. The number of non-ortho nitro benzene ring substituents is 1. The van der Waals surface area contributed by atoms with Crippen molar-refractivity contribution in [3.63, 3.8) is 0 Å². The Hall–Kier alpha value is -4.40. The molecule has 1 heterocycles. The third-order valence-electron chi connectivity index (χ3n) is 5.72. The van der Waals surface area contributed by atoms with Gasteiger partial charge in [-0.05, 0) is 42.0 Å². The van der Waals surface area contributed by atoms with Gasteiger partial charge in [0.25, 0.3) is 11.6 Å². The minimum atomic E-state index is -0.572. The van der Waals surface area contributed by atoms with Crippen LogP contribution in [0.5, 0.6) is 5.75 Å². The predicted octanol–water partition coefficient (Wildman–Crippen LogP) is 3.68. The molecular formula is C26H25N3O6. The average Bonchev–Trinajstić information content (AvgIpc) is 2.91. The molecule has 0 bridgehead atoms. The second kappa shape index (κ2) is 11.1. The molecule has 0 unspecified atom stereocenters. The van der Waals surface area contributed by atoms with Gasteiger partial charge < -0.3 is 19.3 Å². The second-order valence-corrected chi connectivity index (χ2v) is 8.02. The smallest absolute Gasteiger partial charge is 0.338 e. The van der Waals surface area contributed by atoms with Crippen molar-refractivity contribution in [1.29, 1.82) is 0 Å². The van der Waals surface area contributed by atoms with E-state index >= 15 is 0 Å². The van der Waals surface area contributed by atoms with Crippen LogP contribution in [-0.4, -0.2) is 54.5 Å². The van der Waals surface area contributed by atoms with Gasteiger partial charge in [-0.1, -0.05) is 30.3 Å². The molecular weight excluding hydrogens is 450 g/mol. The average molecular weight is 476 g/mol. The first-order valence-electron chi connectivity index (χ1n) is 11.2. The molecule has 9 nitrogen and oxygen atoms in total. The van der Waals surface area contributed by atoms with Crippen molar-refractivity contribution in [2.75, 3.05) is 37.7 Å². The minimum absolute atomic E-state index is 0.0405. The largest absolute Gasteiger partial charge is 0.489 e. The third kappa shape index (κ3) is 6.35. The van der Waals surface area contributed by atoms with E-state index in [9.17, 15) is 19.7 Å². The van der Waals surface area contributed by atoms with Gasteiger partial charge in [0.2, 0.25) is 0 Å². The van der Waals surface area contributed by atoms with Gasteiger partial charge in [0.05, 0.1) is 10.5 Å². The maximum Gasteiger partial charge on any atom is 0.338 e. The lowest BCUT2D eigenvalue weighted by molar-refractivity contribution is -0.384. The lowest BCUT2D eigenvalue weighted by Gasteiger charge is -2.36. The molecule has 0 aliphatic carbocycles. The number of nitro groups is 1. The number of nitrogens with zero attached hydrogens (tertiary/aromatic N) is 3. The Morgan fingerprint density at radius 2 is 1.51 bits per heavy atom. The highest BCUT2D eigenvalue weighted by Crippen LogP contribution is 2.21. The van der Waals surface area contributed by atoms with Crippen molar-refractivity contribution in [3.8, 4) is 5.75 Å². The lowest BCUT2D eigenvalue weighted by atomic mass is 10.2. The molecule has 0 saturated carbocycles. The molecule has 1 amide bonds. The number of carbonyl (C=O) groups excluding carboxylic acids is 2. The van der Waals surface area contributed by atoms with Gasteiger partial charge >= 0.3 is 5.97 Å². The van der Waals surface area contributed by atoms with Crippen molar-refractivity contribution in [2.45, 2.75) is 6.61 Å². The van der Waals surface area contributed by atoms with Crippen LogP contribution in [0, 0.1) is 10.1 Å². The highest BCUT2D eigenvalue weighted by atomic mass is 16.6. The summed E-state index contributed by atoms with van der Waals surface area (Å²) >= 11 is 0. The molecule has 4 rings (SSSR count). The standard InChI is InChI=1S/C26H25N3O6/c30-25(28-16-14-27(15-17-28)22-8-10-23(11-9-22)29(32)33)19-35-26(31)21-6-12-24(13-7-21)34-18-20-4-2-1-3-5-20/h1-13H,14-19H2. The molecule has 1 aliphatic heterocycles. The topological polar surface area (TPSA) is 102 Å². The van der Waals surface area contributed by atoms with E-state index < -0.39 is 10.9 Å². The highest BCUT2D eigenvalue weighted by Gasteiger charge is 2.23. The summed E-state index contributed by atoms with van der Waals surface area (Å²) in [4.78, 5) is 38.9. The van der Waals surface area contributed by atoms with Crippen LogP contribution in [0.2, 0.25) is 0 Å². The molecule has 0 spiro atoms. The van der Waals surface area contributed by atoms with E-state index in [1.807, 2.05) is 30.3 Å². The van der Waals surface area contributed by atoms with E-state index in [0.717, 1.165) is 11.3 Å². The molecule has 0 atom stereocenters. The molecule has 1 saturated heterocycles. The van der Waals surface area contributed by atoms with Crippen molar-refractivity contribution < 1.29 is 24.0 Å². The van der Waals surface area contributed by atoms with E-state index in [-0.39, 0.29) is 18.2 Å².